The highest BCUT2D eigenvalue weighted by Gasteiger charge is 2.10. The zero-order chi connectivity index (χ0) is 14.7. The molecule has 0 amide bonds. The molecule has 0 aliphatic rings. The lowest BCUT2D eigenvalue weighted by Gasteiger charge is -2.12. The zero-order valence-corrected chi connectivity index (χ0v) is 13.8. The largest absolute Gasteiger partial charge is 0.379 e. The Kier molecular flexibility index (Phi) is 4.79. The molecule has 5 heteroatoms. The van der Waals surface area contributed by atoms with Crippen LogP contribution in [0, 0.1) is 24.1 Å². The van der Waals surface area contributed by atoms with Crippen LogP contribution in [0.5, 0.6) is 0 Å². The van der Waals surface area contributed by atoms with Gasteiger partial charge in [0, 0.05) is 21.1 Å². The number of aryl methyl sites for hydroxylation is 1. The first-order valence-electron chi connectivity index (χ1n) is 5.90. The SMILES string of the molecule is Cc1cc(Br)c(NCc2cccc(C#N)c2F)c(Br)c1. The topological polar surface area (TPSA) is 35.8 Å². The molecule has 0 saturated heterocycles. The predicted octanol–water partition coefficient (Wildman–Crippen LogP) is 5.14. The number of hydrogen-bond donors (Lipinski definition) is 1. The first-order chi connectivity index (χ1) is 9.52. The quantitative estimate of drug-likeness (QED) is 0.777. The van der Waals surface area contributed by atoms with E-state index in [0.717, 1.165) is 20.2 Å². The van der Waals surface area contributed by atoms with Crippen molar-refractivity contribution in [3.63, 3.8) is 0 Å². The second-order valence-electron chi connectivity index (χ2n) is 4.35. The lowest BCUT2D eigenvalue weighted by molar-refractivity contribution is 0.609. The summed E-state index contributed by atoms with van der Waals surface area (Å²) in [5.41, 5.74) is 2.50. The Balaban J connectivity index is 2.24. The molecule has 0 bridgehead atoms. The molecule has 2 aromatic carbocycles. The second kappa shape index (κ2) is 6.38. The normalized spacial score (nSPS) is 10.2. The molecule has 1 N–H and O–H groups in total. The van der Waals surface area contributed by atoms with E-state index in [4.69, 9.17) is 5.26 Å². The fourth-order valence-corrected chi connectivity index (χ4v) is 3.55. The van der Waals surface area contributed by atoms with Crippen LogP contribution >= 0.6 is 31.9 Å². The third kappa shape index (κ3) is 3.20. The van der Waals surface area contributed by atoms with Crippen LogP contribution in [-0.4, -0.2) is 0 Å². The van der Waals surface area contributed by atoms with Crippen molar-refractivity contribution in [2.45, 2.75) is 13.5 Å². The number of rotatable bonds is 3. The maximum atomic E-state index is 14.0. The van der Waals surface area contributed by atoms with Crippen molar-refractivity contribution in [2.24, 2.45) is 0 Å². The molecule has 0 atom stereocenters. The number of benzene rings is 2. The minimum Gasteiger partial charge on any atom is -0.379 e. The summed E-state index contributed by atoms with van der Waals surface area (Å²) < 4.78 is 15.8. The summed E-state index contributed by atoms with van der Waals surface area (Å²) in [6.45, 7) is 2.30. The van der Waals surface area contributed by atoms with Gasteiger partial charge in [-0.05, 0) is 62.5 Å². The van der Waals surface area contributed by atoms with Gasteiger partial charge in [-0.1, -0.05) is 12.1 Å². The molecule has 0 radical (unpaired) electrons. The highest BCUT2D eigenvalue weighted by atomic mass is 79.9. The number of nitrogens with zero attached hydrogens (tertiary/aromatic N) is 1. The Bertz CT molecular complexity index is 670. The molecular formula is C15H11Br2FN2. The van der Waals surface area contributed by atoms with Gasteiger partial charge in [-0.25, -0.2) is 4.39 Å². The smallest absolute Gasteiger partial charge is 0.145 e. The molecule has 2 nitrogen and oxygen atoms in total. The number of halogens is 3. The molecule has 0 aliphatic heterocycles. The van der Waals surface area contributed by atoms with Gasteiger partial charge in [-0.15, -0.1) is 0 Å². The molecule has 0 saturated carbocycles. The molecule has 0 aliphatic carbocycles. The fraction of sp³-hybridized carbons (Fsp3) is 0.133. The molecular weight excluding hydrogens is 387 g/mol. The van der Waals surface area contributed by atoms with Crippen molar-refractivity contribution in [3.05, 3.63) is 61.8 Å². The van der Waals surface area contributed by atoms with Crippen LogP contribution in [0.2, 0.25) is 0 Å². The van der Waals surface area contributed by atoms with E-state index >= 15 is 0 Å². The number of hydrogen-bond acceptors (Lipinski definition) is 2. The molecule has 20 heavy (non-hydrogen) atoms. The predicted molar refractivity (Wildman–Crippen MR) is 85.0 cm³/mol. The maximum Gasteiger partial charge on any atom is 0.145 e. The lowest BCUT2D eigenvalue weighted by Crippen LogP contribution is -2.04. The van der Waals surface area contributed by atoms with E-state index in [-0.39, 0.29) is 5.56 Å². The van der Waals surface area contributed by atoms with Crippen molar-refractivity contribution in [1.82, 2.24) is 0 Å². The lowest BCUT2D eigenvalue weighted by atomic mass is 10.1. The van der Waals surface area contributed by atoms with E-state index in [1.807, 2.05) is 25.1 Å². The Morgan fingerprint density at radius 1 is 1.25 bits per heavy atom. The van der Waals surface area contributed by atoms with Gasteiger partial charge in [0.25, 0.3) is 0 Å². The van der Waals surface area contributed by atoms with Gasteiger partial charge >= 0.3 is 0 Å². The molecule has 2 rings (SSSR count). The van der Waals surface area contributed by atoms with Crippen LogP contribution in [0.25, 0.3) is 0 Å². The van der Waals surface area contributed by atoms with Crippen LogP contribution < -0.4 is 5.32 Å². The summed E-state index contributed by atoms with van der Waals surface area (Å²) in [5, 5.41) is 12.0. The molecule has 102 valence electrons. The monoisotopic (exact) mass is 396 g/mol. The Hall–Kier alpha value is -1.38. The summed E-state index contributed by atoms with van der Waals surface area (Å²) in [6.07, 6.45) is 0. The summed E-state index contributed by atoms with van der Waals surface area (Å²) in [5.74, 6) is -0.471. The van der Waals surface area contributed by atoms with Crippen molar-refractivity contribution >= 4 is 37.5 Å². The third-order valence-corrected chi connectivity index (χ3v) is 4.09. The highest BCUT2D eigenvalue weighted by molar-refractivity contribution is 9.11. The van der Waals surface area contributed by atoms with Crippen LogP contribution in [0.15, 0.2) is 39.3 Å². The van der Waals surface area contributed by atoms with Gasteiger partial charge in [0.2, 0.25) is 0 Å². The maximum absolute atomic E-state index is 14.0. The summed E-state index contributed by atoms with van der Waals surface area (Å²) in [4.78, 5) is 0. The molecule has 0 unspecified atom stereocenters. The Morgan fingerprint density at radius 2 is 1.90 bits per heavy atom. The van der Waals surface area contributed by atoms with Crippen molar-refractivity contribution in [1.29, 1.82) is 5.26 Å². The van der Waals surface area contributed by atoms with Gasteiger partial charge in [-0.2, -0.15) is 5.26 Å². The first kappa shape index (κ1) is 15.0. The van der Waals surface area contributed by atoms with E-state index < -0.39 is 5.82 Å². The van der Waals surface area contributed by atoms with Crippen LogP contribution in [0.1, 0.15) is 16.7 Å². The fourth-order valence-electron chi connectivity index (χ4n) is 1.86. The van der Waals surface area contributed by atoms with Gasteiger partial charge < -0.3 is 5.32 Å². The van der Waals surface area contributed by atoms with Crippen LogP contribution in [0.4, 0.5) is 10.1 Å². The third-order valence-electron chi connectivity index (χ3n) is 2.84. The molecule has 0 aromatic heterocycles. The van der Waals surface area contributed by atoms with Gasteiger partial charge in [0.15, 0.2) is 0 Å². The Morgan fingerprint density at radius 3 is 2.50 bits per heavy atom. The average molecular weight is 398 g/mol. The molecule has 0 spiro atoms. The van der Waals surface area contributed by atoms with E-state index in [1.165, 1.54) is 6.07 Å². The number of nitriles is 1. The number of nitrogens with one attached hydrogen (secondary N) is 1. The van der Waals surface area contributed by atoms with Crippen molar-refractivity contribution in [2.75, 3.05) is 5.32 Å². The Labute approximate surface area is 133 Å². The molecule has 0 heterocycles. The standard InChI is InChI=1S/C15H11Br2FN2/c1-9-5-12(16)15(13(17)6-9)20-8-11-4-2-3-10(7-19)14(11)18/h2-6,20H,8H2,1H3. The van der Waals surface area contributed by atoms with Gasteiger partial charge in [-0.3, -0.25) is 0 Å². The summed E-state index contributed by atoms with van der Waals surface area (Å²) in [7, 11) is 0. The van der Waals surface area contributed by atoms with Crippen molar-refractivity contribution < 1.29 is 4.39 Å². The molecule has 0 fully saturated rings. The van der Waals surface area contributed by atoms with E-state index in [9.17, 15) is 4.39 Å². The second-order valence-corrected chi connectivity index (χ2v) is 6.06. The van der Waals surface area contributed by atoms with Gasteiger partial charge in [0.05, 0.1) is 11.3 Å². The minimum absolute atomic E-state index is 0.0614. The van der Waals surface area contributed by atoms with Crippen LogP contribution in [0.3, 0.4) is 0 Å². The summed E-state index contributed by atoms with van der Waals surface area (Å²) >= 11 is 6.96. The minimum atomic E-state index is -0.471. The average Bonchev–Trinajstić information content (AvgIpc) is 2.39. The number of anilines is 1. The van der Waals surface area contributed by atoms with E-state index in [1.54, 1.807) is 12.1 Å². The highest BCUT2D eigenvalue weighted by Crippen LogP contribution is 2.32. The van der Waals surface area contributed by atoms with Crippen LogP contribution in [-0.2, 0) is 6.54 Å². The summed E-state index contributed by atoms with van der Waals surface area (Å²) in [6, 6.07) is 10.6. The van der Waals surface area contributed by atoms with E-state index in [0.29, 0.717) is 12.1 Å². The zero-order valence-electron chi connectivity index (χ0n) is 10.7. The first-order valence-corrected chi connectivity index (χ1v) is 7.48. The van der Waals surface area contributed by atoms with Gasteiger partial charge in [0.1, 0.15) is 11.9 Å². The van der Waals surface area contributed by atoms with E-state index in [2.05, 4.69) is 37.2 Å². The van der Waals surface area contributed by atoms with Crippen molar-refractivity contribution in [3.8, 4) is 6.07 Å². The molecule has 2 aromatic rings.